The summed E-state index contributed by atoms with van der Waals surface area (Å²) < 4.78 is 10.4. The van der Waals surface area contributed by atoms with Crippen LogP contribution >= 0.6 is 0 Å². The molecule has 142 valence electrons. The van der Waals surface area contributed by atoms with Crippen molar-refractivity contribution in [2.75, 3.05) is 24.9 Å². The molecule has 0 aliphatic rings. The van der Waals surface area contributed by atoms with Crippen LogP contribution in [0.5, 0.6) is 11.5 Å². The number of amides is 3. The highest BCUT2D eigenvalue weighted by molar-refractivity contribution is 6.39. The lowest BCUT2D eigenvalue weighted by atomic mass is 10.2. The number of ether oxygens (including phenoxy) is 2. The van der Waals surface area contributed by atoms with Gasteiger partial charge in [-0.05, 0) is 42.0 Å². The van der Waals surface area contributed by atoms with Crippen molar-refractivity contribution >= 4 is 29.1 Å². The van der Waals surface area contributed by atoms with Crippen LogP contribution in [-0.2, 0) is 20.9 Å². The highest BCUT2D eigenvalue weighted by Crippen LogP contribution is 2.27. The second kappa shape index (κ2) is 9.23. The molecule has 0 saturated carbocycles. The Kier molecular flexibility index (Phi) is 6.76. The highest BCUT2D eigenvalue weighted by Gasteiger charge is 2.14. The molecule has 3 N–H and O–H groups in total. The van der Waals surface area contributed by atoms with Gasteiger partial charge < -0.3 is 25.4 Å². The Balaban J connectivity index is 1.90. The number of nitrogens with one attached hydrogen (secondary N) is 3. The molecule has 0 heterocycles. The van der Waals surface area contributed by atoms with Gasteiger partial charge in [-0.2, -0.15) is 0 Å². The van der Waals surface area contributed by atoms with Crippen LogP contribution < -0.4 is 25.4 Å². The summed E-state index contributed by atoms with van der Waals surface area (Å²) in [5.74, 6) is -0.638. The molecule has 2 aromatic carbocycles. The van der Waals surface area contributed by atoms with Gasteiger partial charge >= 0.3 is 11.8 Å². The molecule has 0 saturated heterocycles. The highest BCUT2D eigenvalue weighted by atomic mass is 16.5. The fourth-order valence-electron chi connectivity index (χ4n) is 2.28. The number of anilines is 2. The molecule has 0 radical (unpaired) electrons. The second-order valence-electron chi connectivity index (χ2n) is 5.58. The lowest BCUT2D eigenvalue weighted by molar-refractivity contribution is -0.136. The molecule has 0 fully saturated rings. The van der Waals surface area contributed by atoms with E-state index in [0.29, 0.717) is 22.9 Å². The van der Waals surface area contributed by atoms with Crippen LogP contribution in [0.3, 0.4) is 0 Å². The maximum Gasteiger partial charge on any atom is 0.313 e. The van der Waals surface area contributed by atoms with Crippen molar-refractivity contribution in [3.63, 3.8) is 0 Å². The summed E-state index contributed by atoms with van der Waals surface area (Å²) in [5, 5.41) is 7.65. The van der Waals surface area contributed by atoms with Crippen molar-refractivity contribution in [2.45, 2.75) is 13.5 Å². The quantitative estimate of drug-likeness (QED) is 0.673. The predicted octanol–water partition coefficient (Wildman–Crippen LogP) is 1.92. The van der Waals surface area contributed by atoms with Gasteiger partial charge in [0.1, 0.15) is 0 Å². The molecule has 8 heteroatoms. The SMILES string of the molecule is COc1ccc(CNC(=O)C(=O)Nc2ccc(NC(C)=O)cc2)cc1OC. The molecule has 0 bridgehead atoms. The summed E-state index contributed by atoms with van der Waals surface area (Å²) in [6.45, 7) is 1.56. The van der Waals surface area contributed by atoms with Gasteiger partial charge in [-0.15, -0.1) is 0 Å². The molecule has 0 spiro atoms. The molecular weight excluding hydrogens is 350 g/mol. The van der Waals surface area contributed by atoms with E-state index in [1.165, 1.54) is 21.1 Å². The maximum atomic E-state index is 12.0. The molecule has 2 aromatic rings. The minimum absolute atomic E-state index is 0.161. The Morgan fingerprint density at radius 3 is 1.96 bits per heavy atom. The Hall–Kier alpha value is -3.55. The smallest absolute Gasteiger partial charge is 0.313 e. The van der Waals surface area contributed by atoms with Crippen LogP contribution in [-0.4, -0.2) is 31.9 Å². The zero-order valence-corrected chi connectivity index (χ0v) is 15.3. The van der Waals surface area contributed by atoms with Crippen molar-refractivity contribution < 1.29 is 23.9 Å². The zero-order valence-electron chi connectivity index (χ0n) is 15.3. The van der Waals surface area contributed by atoms with Crippen LogP contribution in [0.2, 0.25) is 0 Å². The van der Waals surface area contributed by atoms with E-state index in [9.17, 15) is 14.4 Å². The van der Waals surface area contributed by atoms with Gasteiger partial charge in [-0.1, -0.05) is 6.07 Å². The van der Waals surface area contributed by atoms with E-state index in [-0.39, 0.29) is 12.5 Å². The summed E-state index contributed by atoms with van der Waals surface area (Å²) in [5.41, 5.74) is 1.79. The van der Waals surface area contributed by atoms with E-state index in [1.54, 1.807) is 42.5 Å². The Bertz CT molecular complexity index is 834. The summed E-state index contributed by atoms with van der Waals surface area (Å²) >= 11 is 0. The average molecular weight is 371 g/mol. The summed E-state index contributed by atoms with van der Waals surface area (Å²) in [6, 6.07) is 11.6. The Morgan fingerprint density at radius 1 is 0.815 bits per heavy atom. The first-order valence-electron chi connectivity index (χ1n) is 8.10. The first-order chi connectivity index (χ1) is 12.9. The number of benzene rings is 2. The maximum absolute atomic E-state index is 12.0. The van der Waals surface area contributed by atoms with Gasteiger partial charge in [0.2, 0.25) is 5.91 Å². The minimum Gasteiger partial charge on any atom is -0.493 e. The van der Waals surface area contributed by atoms with Crippen LogP contribution in [0.25, 0.3) is 0 Å². The molecular formula is C19H21N3O5. The number of carbonyl (C=O) groups is 3. The average Bonchev–Trinajstić information content (AvgIpc) is 2.66. The van der Waals surface area contributed by atoms with Crippen LogP contribution in [0.1, 0.15) is 12.5 Å². The summed E-state index contributed by atoms with van der Waals surface area (Å²) in [7, 11) is 3.05. The molecule has 0 atom stereocenters. The van der Waals surface area contributed by atoms with Crippen LogP contribution in [0, 0.1) is 0 Å². The Labute approximate surface area is 156 Å². The van der Waals surface area contributed by atoms with E-state index in [2.05, 4.69) is 16.0 Å². The number of carbonyl (C=O) groups excluding carboxylic acids is 3. The molecule has 27 heavy (non-hydrogen) atoms. The molecule has 0 unspecified atom stereocenters. The van der Waals surface area contributed by atoms with E-state index < -0.39 is 11.8 Å². The van der Waals surface area contributed by atoms with Crippen molar-refractivity contribution in [3.8, 4) is 11.5 Å². The molecule has 0 aliphatic carbocycles. The third-order valence-electron chi connectivity index (χ3n) is 3.57. The van der Waals surface area contributed by atoms with Gasteiger partial charge in [0, 0.05) is 24.8 Å². The summed E-state index contributed by atoms with van der Waals surface area (Å²) in [6.07, 6.45) is 0. The van der Waals surface area contributed by atoms with E-state index in [0.717, 1.165) is 5.56 Å². The number of hydrogen-bond donors (Lipinski definition) is 3. The van der Waals surface area contributed by atoms with Crippen molar-refractivity contribution in [1.82, 2.24) is 5.32 Å². The van der Waals surface area contributed by atoms with Gasteiger partial charge in [0.25, 0.3) is 0 Å². The number of rotatable bonds is 6. The van der Waals surface area contributed by atoms with Crippen molar-refractivity contribution in [2.24, 2.45) is 0 Å². The minimum atomic E-state index is -0.789. The second-order valence-corrected chi connectivity index (χ2v) is 5.58. The van der Waals surface area contributed by atoms with Gasteiger partial charge in [0.15, 0.2) is 11.5 Å². The largest absolute Gasteiger partial charge is 0.493 e. The standard InChI is InChI=1S/C19H21N3O5/c1-12(23)21-14-5-7-15(8-6-14)22-19(25)18(24)20-11-13-4-9-16(26-2)17(10-13)27-3/h4-10H,11H2,1-3H3,(H,20,24)(H,21,23)(H,22,25). The zero-order chi connectivity index (χ0) is 19.8. The first-order valence-corrected chi connectivity index (χ1v) is 8.10. The van der Waals surface area contributed by atoms with Gasteiger partial charge in [0.05, 0.1) is 14.2 Å². The molecule has 3 amide bonds. The normalized spacial score (nSPS) is 9.89. The predicted molar refractivity (Wildman–Crippen MR) is 101 cm³/mol. The van der Waals surface area contributed by atoms with Gasteiger partial charge in [-0.25, -0.2) is 0 Å². The topological polar surface area (TPSA) is 106 Å². The molecule has 0 aromatic heterocycles. The first kappa shape index (κ1) is 19.8. The molecule has 2 rings (SSSR count). The van der Waals surface area contributed by atoms with Crippen molar-refractivity contribution in [3.05, 3.63) is 48.0 Å². The third kappa shape index (κ3) is 5.74. The third-order valence-corrected chi connectivity index (χ3v) is 3.57. The van der Waals surface area contributed by atoms with Crippen LogP contribution in [0.4, 0.5) is 11.4 Å². The number of methoxy groups -OCH3 is 2. The number of hydrogen-bond acceptors (Lipinski definition) is 5. The fourth-order valence-corrected chi connectivity index (χ4v) is 2.28. The lowest BCUT2D eigenvalue weighted by Gasteiger charge is -2.10. The Morgan fingerprint density at radius 2 is 1.41 bits per heavy atom. The van der Waals surface area contributed by atoms with E-state index in [4.69, 9.17) is 9.47 Å². The monoisotopic (exact) mass is 371 g/mol. The van der Waals surface area contributed by atoms with Crippen molar-refractivity contribution in [1.29, 1.82) is 0 Å². The molecule has 8 nitrogen and oxygen atoms in total. The lowest BCUT2D eigenvalue weighted by Crippen LogP contribution is -2.34. The molecule has 0 aliphatic heterocycles. The van der Waals surface area contributed by atoms with E-state index >= 15 is 0 Å². The fraction of sp³-hybridized carbons (Fsp3) is 0.211. The van der Waals surface area contributed by atoms with Gasteiger partial charge in [-0.3, -0.25) is 14.4 Å². The van der Waals surface area contributed by atoms with E-state index in [1.807, 2.05) is 0 Å². The summed E-state index contributed by atoms with van der Waals surface area (Å²) in [4.78, 5) is 34.9. The van der Waals surface area contributed by atoms with Crippen LogP contribution in [0.15, 0.2) is 42.5 Å².